The van der Waals surface area contributed by atoms with Crippen molar-refractivity contribution in [3.05, 3.63) is 53.1 Å². The van der Waals surface area contributed by atoms with Gasteiger partial charge < -0.3 is 14.6 Å². The molecule has 1 aromatic heterocycles. The SMILES string of the molecule is COc1ccc(COc2ccc(C)nc2CO)c(F)c1. The van der Waals surface area contributed by atoms with Gasteiger partial charge in [-0.15, -0.1) is 0 Å². The van der Waals surface area contributed by atoms with Crippen LogP contribution in [-0.2, 0) is 13.2 Å². The number of aliphatic hydroxyl groups excluding tert-OH is 1. The molecular weight excluding hydrogens is 261 g/mol. The summed E-state index contributed by atoms with van der Waals surface area (Å²) in [6, 6.07) is 8.07. The number of aryl methyl sites for hydroxylation is 1. The Morgan fingerprint density at radius 1 is 1.25 bits per heavy atom. The van der Waals surface area contributed by atoms with E-state index in [1.54, 1.807) is 24.3 Å². The lowest BCUT2D eigenvalue weighted by Gasteiger charge is -2.11. The predicted molar refractivity (Wildman–Crippen MR) is 72.2 cm³/mol. The number of rotatable bonds is 5. The van der Waals surface area contributed by atoms with E-state index >= 15 is 0 Å². The third kappa shape index (κ3) is 3.24. The first-order valence-electron chi connectivity index (χ1n) is 6.16. The first-order chi connectivity index (χ1) is 9.63. The van der Waals surface area contributed by atoms with Crippen LogP contribution in [0.5, 0.6) is 11.5 Å². The van der Waals surface area contributed by atoms with Crippen LogP contribution in [0.1, 0.15) is 17.0 Å². The number of nitrogens with zero attached hydrogens (tertiary/aromatic N) is 1. The third-order valence-corrected chi connectivity index (χ3v) is 2.86. The van der Waals surface area contributed by atoms with Gasteiger partial charge in [0.25, 0.3) is 0 Å². The summed E-state index contributed by atoms with van der Waals surface area (Å²) in [5.41, 5.74) is 1.64. The van der Waals surface area contributed by atoms with E-state index in [-0.39, 0.29) is 13.2 Å². The van der Waals surface area contributed by atoms with Gasteiger partial charge in [0.05, 0.1) is 13.7 Å². The molecule has 1 aromatic carbocycles. The maximum atomic E-state index is 13.8. The van der Waals surface area contributed by atoms with Crippen LogP contribution in [0.4, 0.5) is 4.39 Å². The molecule has 1 heterocycles. The largest absolute Gasteiger partial charge is 0.497 e. The van der Waals surface area contributed by atoms with Gasteiger partial charge >= 0.3 is 0 Å². The Kier molecular flexibility index (Phi) is 4.53. The van der Waals surface area contributed by atoms with Gasteiger partial charge in [0.15, 0.2) is 0 Å². The van der Waals surface area contributed by atoms with E-state index in [4.69, 9.17) is 9.47 Å². The van der Waals surface area contributed by atoms with Crippen molar-refractivity contribution in [1.29, 1.82) is 0 Å². The molecule has 0 unspecified atom stereocenters. The lowest BCUT2D eigenvalue weighted by atomic mass is 10.2. The van der Waals surface area contributed by atoms with Gasteiger partial charge in [-0.2, -0.15) is 0 Å². The van der Waals surface area contributed by atoms with E-state index in [1.807, 2.05) is 6.92 Å². The van der Waals surface area contributed by atoms with E-state index in [1.165, 1.54) is 13.2 Å². The van der Waals surface area contributed by atoms with E-state index in [9.17, 15) is 9.50 Å². The number of benzene rings is 1. The summed E-state index contributed by atoms with van der Waals surface area (Å²) >= 11 is 0. The van der Waals surface area contributed by atoms with E-state index in [0.29, 0.717) is 22.8 Å². The molecule has 2 rings (SSSR count). The third-order valence-electron chi connectivity index (χ3n) is 2.86. The van der Waals surface area contributed by atoms with E-state index in [0.717, 1.165) is 5.69 Å². The highest BCUT2D eigenvalue weighted by Crippen LogP contribution is 2.21. The average molecular weight is 277 g/mol. The van der Waals surface area contributed by atoms with Gasteiger partial charge in [0.2, 0.25) is 0 Å². The van der Waals surface area contributed by atoms with Crippen LogP contribution in [0, 0.1) is 12.7 Å². The standard InChI is InChI=1S/C15H16FNO3/c1-10-3-6-15(14(8-18)17-10)20-9-11-4-5-12(19-2)7-13(11)16/h3-7,18H,8-9H2,1-2H3. The molecule has 0 atom stereocenters. The van der Waals surface area contributed by atoms with Gasteiger partial charge in [-0.25, -0.2) is 4.39 Å². The van der Waals surface area contributed by atoms with Crippen molar-refractivity contribution in [2.45, 2.75) is 20.1 Å². The van der Waals surface area contributed by atoms with Gasteiger partial charge in [-0.3, -0.25) is 4.98 Å². The number of hydrogen-bond acceptors (Lipinski definition) is 4. The zero-order valence-electron chi connectivity index (χ0n) is 11.4. The summed E-state index contributed by atoms with van der Waals surface area (Å²) in [5.74, 6) is 0.516. The van der Waals surface area contributed by atoms with Gasteiger partial charge in [0.1, 0.15) is 29.6 Å². The molecule has 0 aliphatic heterocycles. The Balaban J connectivity index is 2.12. The molecule has 1 N–H and O–H groups in total. The highest BCUT2D eigenvalue weighted by Gasteiger charge is 2.08. The van der Waals surface area contributed by atoms with Crippen molar-refractivity contribution in [3.63, 3.8) is 0 Å². The summed E-state index contributed by atoms with van der Waals surface area (Å²) in [5, 5.41) is 9.23. The Labute approximate surface area is 116 Å². The fraction of sp³-hybridized carbons (Fsp3) is 0.267. The quantitative estimate of drug-likeness (QED) is 0.912. The van der Waals surface area contributed by atoms with Crippen molar-refractivity contribution in [3.8, 4) is 11.5 Å². The van der Waals surface area contributed by atoms with Crippen LogP contribution in [0.25, 0.3) is 0 Å². The summed E-state index contributed by atoms with van der Waals surface area (Å²) in [7, 11) is 1.48. The maximum Gasteiger partial charge on any atom is 0.143 e. The molecule has 0 saturated carbocycles. The minimum Gasteiger partial charge on any atom is -0.497 e. The molecule has 0 saturated heterocycles. The predicted octanol–water partition coefficient (Wildman–Crippen LogP) is 2.61. The van der Waals surface area contributed by atoms with E-state index in [2.05, 4.69) is 4.98 Å². The minimum absolute atomic E-state index is 0.0631. The number of ether oxygens (including phenoxy) is 2. The fourth-order valence-corrected chi connectivity index (χ4v) is 1.77. The Morgan fingerprint density at radius 2 is 2.05 bits per heavy atom. The minimum atomic E-state index is -0.394. The number of aliphatic hydroxyl groups is 1. The average Bonchev–Trinajstić information content (AvgIpc) is 2.46. The van der Waals surface area contributed by atoms with Crippen LogP contribution in [0.15, 0.2) is 30.3 Å². The Bertz CT molecular complexity index is 602. The molecular formula is C15H16FNO3. The van der Waals surface area contributed by atoms with Crippen LogP contribution in [-0.4, -0.2) is 17.2 Å². The molecule has 0 fully saturated rings. The Morgan fingerprint density at radius 3 is 2.70 bits per heavy atom. The molecule has 0 spiro atoms. The summed E-state index contributed by atoms with van der Waals surface area (Å²) in [6.45, 7) is 1.67. The summed E-state index contributed by atoms with van der Waals surface area (Å²) in [6.07, 6.45) is 0. The molecule has 2 aromatic rings. The van der Waals surface area contributed by atoms with Crippen molar-refractivity contribution in [2.24, 2.45) is 0 Å². The van der Waals surface area contributed by atoms with Gasteiger partial charge in [-0.05, 0) is 31.2 Å². The van der Waals surface area contributed by atoms with Crippen LogP contribution in [0.3, 0.4) is 0 Å². The Hall–Kier alpha value is -2.14. The maximum absolute atomic E-state index is 13.8. The van der Waals surface area contributed by atoms with E-state index < -0.39 is 5.82 Å². The normalized spacial score (nSPS) is 10.4. The molecule has 0 radical (unpaired) electrons. The van der Waals surface area contributed by atoms with Crippen LogP contribution in [0.2, 0.25) is 0 Å². The molecule has 20 heavy (non-hydrogen) atoms. The number of aromatic nitrogens is 1. The van der Waals surface area contributed by atoms with Crippen molar-refractivity contribution in [1.82, 2.24) is 4.98 Å². The van der Waals surface area contributed by atoms with Crippen LogP contribution < -0.4 is 9.47 Å². The zero-order valence-corrected chi connectivity index (χ0v) is 11.4. The number of pyridine rings is 1. The second-order valence-corrected chi connectivity index (χ2v) is 4.30. The second-order valence-electron chi connectivity index (χ2n) is 4.30. The topological polar surface area (TPSA) is 51.6 Å². The molecule has 0 amide bonds. The first-order valence-corrected chi connectivity index (χ1v) is 6.16. The van der Waals surface area contributed by atoms with Crippen molar-refractivity contribution < 1.29 is 19.0 Å². The zero-order chi connectivity index (χ0) is 14.5. The van der Waals surface area contributed by atoms with Crippen LogP contribution >= 0.6 is 0 Å². The van der Waals surface area contributed by atoms with Crippen molar-refractivity contribution >= 4 is 0 Å². The fourth-order valence-electron chi connectivity index (χ4n) is 1.77. The van der Waals surface area contributed by atoms with Gasteiger partial charge in [0, 0.05) is 17.3 Å². The first kappa shape index (κ1) is 14.3. The summed E-state index contributed by atoms with van der Waals surface area (Å²) < 4.78 is 24.2. The van der Waals surface area contributed by atoms with Crippen molar-refractivity contribution in [2.75, 3.05) is 7.11 Å². The molecule has 106 valence electrons. The summed E-state index contributed by atoms with van der Waals surface area (Å²) in [4.78, 5) is 4.16. The second kappa shape index (κ2) is 6.34. The lowest BCUT2D eigenvalue weighted by molar-refractivity contribution is 0.251. The molecule has 4 nitrogen and oxygen atoms in total. The highest BCUT2D eigenvalue weighted by molar-refractivity contribution is 5.31. The smallest absolute Gasteiger partial charge is 0.143 e. The molecule has 0 aliphatic rings. The molecule has 0 bridgehead atoms. The number of methoxy groups -OCH3 is 1. The number of hydrogen-bond donors (Lipinski definition) is 1. The monoisotopic (exact) mass is 277 g/mol. The molecule has 0 aliphatic carbocycles. The number of halogens is 1. The van der Waals surface area contributed by atoms with Gasteiger partial charge in [-0.1, -0.05) is 0 Å². The highest BCUT2D eigenvalue weighted by atomic mass is 19.1. The lowest BCUT2D eigenvalue weighted by Crippen LogP contribution is -2.03. The molecule has 5 heteroatoms.